The van der Waals surface area contributed by atoms with Crippen LogP contribution in [0, 0.1) is 11.3 Å². The van der Waals surface area contributed by atoms with Crippen LogP contribution in [0.25, 0.3) is 0 Å². The lowest BCUT2D eigenvalue weighted by molar-refractivity contribution is 0.456. The van der Waals surface area contributed by atoms with E-state index in [1.54, 1.807) is 18.1 Å². The number of hydrogen-bond donors (Lipinski definition) is 1. The Bertz CT molecular complexity index is 589. The Morgan fingerprint density at radius 3 is 2.70 bits per heavy atom. The molecule has 0 spiro atoms. The van der Waals surface area contributed by atoms with E-state index < -0.39 is 5.54 Å². The third-order valence-electron chi connectivity index (χ3n) is 3.26. The highest BCUT2D eigenvalue weighted by Crippen LogP contribution is 2.27. The minimum atomic E-state index is -0.660. The van der Waals surface area contributed by atoms with Crippen LogP contribution in [0.4, 0.5) is 0 Å². The third-order valence-corrected chi connectivity index (χ3v) is 4.30. The Morgan fingerprint density at radius 1 is 1.40 bits per heavy atom. The van der Waals surface area contributed by atoms with E-state index in [0.717, 1.165) is 16.5 Å². The Balaban J connectivity index is 2.07. The SMILES string of the molecule is CNC(C#N)(CCSc1nncn1C)c1ccccc1. The highest BCUT2D eigenvalue weighted by molar-refractivity contribution is 7.99. The normalized spacial score (nSPS) is 13.7. The summed E-state index contributed by atoms with van der Waals surface area (Å²) in [6.45, 7) is 0. The van der Waals surface area contributed by atoms with E-state index in [1.165, 1.54) is 0 Å². The van der Waals surface area contributed by atoms with Gasteiger partial charge in [-0.1, -0.05) is 42.1 Å². The van der Waals surface area contributed by atoms with E-state index in [1.807, 2.05) is 49.0 Å². The van der Waals surface area contributed by atoms with Gasteiger partial charge in [0.15, 0.2) is 5.16 Å². The van der Waals surface area contributed by atoms with E-state index in [4.69, 9.17) is 0 Å². The molecule has 0 saturated carbocycles. The molecule has 6 heteroatoms. The molecule has 0 aliphatic rings. The molecule has 104 valence electrons. The van der Waals surface area contributed by atoms with Crippen molar-refractivity contribution in [2.45, 2.75) is 17.1 Å². The summed E-state index contributed by atoms with van der Waals surface area (Å²) in [4.78, 5) is 0. The predicted molar refractivity (Wildman–Crippen MR) is 79.1 cm³/mol. The molecule has 2 rings (SSSR count). The monoisotopic (exact) mass is 287 g/mol. The van der Waals surface area contributed by atoms with Gasteiger partial charge >= 0.3 is 0 Å². The van der Waals surface area contributed by atoms with Crippen LogP contribution in [0.15, 0.2) is 41.8 Å². The first kappa shape index (κ1) is 14.6. The summed E-state index contributed by atoms with van der Waals surface area (Å²) in [6, 6.07) is 12.2. The van der Waals surface area contributed by atoms with Gasteiger partial charge in [-0.2, -0.15) is 5.26 Å². The highest BCUT2D eigenvalue weighted by atomic mass is 32.2. The lowest BCUT2D eigenvalue weighted by Crippen LogP contribution is -2.39. The maximum atomic E-state index is 9.59. The van der Waals surface area contributed by atoms with Crippen molar-refractivity contribution < 1.29 is 0 Å². The molecule has 0 bridgehead atoms. The summed E-state index contributed by atoms with van der Waals surface area (Å²) in [7, 11) is 3.73. The van der Waals surface area contributed by atoms with Gasteiger partial charge in [-0.3, -0.25) is 5.32 Å². The molecule has 0 saturated heterocycles. The van der Waals surface area contributed by atoms with E-state index in [2.05, 4.69) is 21.6 Å². The van der Waals surface area contributed by atoms with E-state index in [0.29, 0.717) is 6.42 Å². The van der Waals surface area contributed by atoms with Crippen LogP contribution in [0.3, 0.4) is 0 Å². The number of benzene rings is 1. The maximum absolute atomic E-state index is 9.59. The molecule has 20 heavy (non-hydrogen) atoms. The zero-order valence-corrected chi connectivity index (χ0v) is 12.4. The average molecular weight is 287 g/mol. The van der Waals surface area contributed by atoms with Crippen molar-refractivity contribution in [3.05, 3.63) is 42.2 Å². The molecule has 1 atom stereocenters. The topological polar surface area (TPSA) is 66.5 Å². The van der Waals surface area contributed by atoms with Gasteiger partial charge in [0.2, 0.25) is 0 Å². The van der Waals surface area contributed by atoms with Gasteiger partial charge in [0.25, 0.3) is 0 Å². The molecule has 0 radical (unpaired) electrons. The summed E-state index contributed by atoms with van der Waals surface area (Å²) >= 11 is 1.60. The van der Waals surface area contributed by atoms with Crippen LogP contribution in [-0.2, 0) is 12.6 Å². The molecule has 1 aromatic heterocycles. The van der Waals surface area contributed by atoms with Crippen molar-refractivity contribution >= 4 is 11.8 Å². The summed E-state index contributed by atoms with van der Waals surface area (Å²) in [5.41, 5.74) is 0.330. The lowest BCUT2D eigenvalue weighted by atomic mass is 9.89. The van der Waals surface area contributed by atoms with E-state index >= 15 is 0 Å². The van der Waals surface area contributed by atoms with Crippen LogP contribution in [0.1, 0.15) is 12.0 Å². The van der Waals surface area contributed by atoms with Crippen molar-refractivity contribution in [1.82, 2.24) is 20.1 Å². The molecule has 1 unspecified atom stereocenters. The highest BCUT2D eigenvalue weighted by Gasteiger charge is 2.29. The van der Waals surface area contributed by atoms with Crippen molar-refractivity contribution in [2.24, 2.45) is 7.05 Å². The number of thioether (sulfide) groups is 1. The van der Waals surface area contributed by atoms with Gasteiger partial charge < -0.3 is 4.57 Å². The first-order valence-electron chi connectivity index (χ1n) is 6.34. The number of aryl methyl sites for hydroxylation is 1. The van der Waals surface area contributed by atoms with Gasteiger partial charge in [0.05, 0.1) is 6.07 Å². The van der Waals surface area contributed by atoms with E-state index in [-0.39, 0.29) is 0 Å². The molecule has 0 aliphatic heterocycles. The zero-order chi connectivity index (χ0) is 14.4. The van der Waals surface area contributed by atoms with Crippen LogP contribution < -0.4 is 5.32 Å². The minimum Gasteiger partial charge on any atom is -0.312 e. The largest absolute Gasteiger partial charge is 0.312 e. The van der Waals surface area contributed by atoms with Gasteiger partial charge in [0.1, 0.15) is 11.9 Å². The third kappa shape index (κ3) is 3.00. The Morgan fingerprint density at radius 2 is 2.15 bits per heavy atom. The standard InChI is InChI=1S/C14H17N5S/c1-16-14(10-15,12-6-4-3-5-7-12)8-9-20-13-18-17-11-19(13)2/h3-7,11,16H,8-9H2,1-2H3. The molecule has 1 heterocycles. The predicted octanol–water partition coefficient (Wildman–Crippen LogP) is 1.94. The number of hydrogen-bond acceptors (Lipinski definition) is 5. The molecule has 0 aliphatic carbocycles. The quantitative estimate of drug-likeness (QED) is 0.822. The fourth-order valence-electron chi connectivity index (χ4n) is 2.01. The summed E-state index contributed by atoms with van der Waals surface area (Å²) < 4.78 is 1.88. The molecule has 5 nitrogen and oxygen atoms in total. The molecular weight excluding hydrogens is 270 g/mol. The van der Waals surface area contributed by atoms with Gasteiger partial charge in [-0.25, -0.2) is 0 Å². The summed E-state index contributed by atoms with van der Waals surface area (Å²) in [6.07, 6.45) is 2.37. The minimum absolute atomic E-state index is 0.660. The van der Waals surface area contributed by atoms with Gasteiger partial charge in [-0.05, 0) is 19.0 Å². The van der Waals surface area contributed by atoms with Crippen molar-refractivity contribution in [3.63, 3.8) is 0 Å². The average Bonchev–Trinajstić information content (AvgIpc) is 2.90. The van der Waals surface area contributed by atoms with Crippen molar-refractivity contribution in [1.29, 1.82) is 5.26 Å². The van der Waals surface area contributed by atoms with E-state index in [9.17, 15) is 5.26 Å². The summed E-state index contributed by atoms with van der Waals surface area (Å²) in [5, 5.41) is 21.5. The van der Waals surface area contributed by atoms with Crippen LogP contribution in [0.5, 0.6) is 0 Å². The van der Waals surface area contributed by atoms with Crippen molar-refractivity contribution in [2.75, 3.05) is 12.8 Å². The molecule has 1 N–H and O–H groups in total. The molecule has 2 aromatic rings. The van der Waals surface area contributed by atoms with Crippen LogP contribution >= 0.6 is 11.8 Å². The van der Waals surface area contributed by atoms with Crippen molar-refractivity contribution in [3.8, 4) is 6.07 Å². The second kappa shape index (κ2) is 6.55. The first-order valence-corrected chi connectivity index (χ1v) is 7.33. The Labute approximate surface area is 123 Å². The smallest absolute Gasteiger partial charge is 0.190 e. The molecule has 0 amide bonds. The van der Waals surface area contributed by atoms with Crippen LogP contribution in [0.2, 0.25) is 0 Å². The Hall–Kier alpha value is -1.84. The molecule has 0 fully saturated rings. The second-order valence-corrected chi connectivity index (χ2v) is 5.52. The maximum Gasteiger partial charge on any atom is 0.190 e. The van der Waals surface area contributed by atoms with Gasteiger partial charge in [0, 0.05) is 12.8 Å². The fraction of sp³-hybridized carbons (Fsp3) is 0.357. The zero-order valence-electron chi connectivity index (χ0n) is 11.6. The number of nitrogens with zero attached hydrogens (tertiary/aromatic N) is 4. The lowest BCUT2D eigenvalue weighted by Gasteiger charge is -2.26. The Kier molecular flexibility index (Phi) is 4.77. The molecule has 1 aromatic carbocycles. The molecular formula is C14H17N5S. The second-order valence-electron chi connectivity index (χ2n) is 4.46. The number of nitriles is 1. The number of rotatable bonds is 6. The van der Waals surface area contributed by atoms with Gasteiger partial charge in [-0.15, -0.1) is 10.2 Å². The fourth-order valence-corrected chi connectivity index (χ4v) is 2.96. The number of aromatic nitrogens is 3. The first-order chi connectivity index (χ1) is 9.72. The number of nitrogens with one attached hydrogen (secondary N) is 1. The van der Waals surface area contributed by atoms with Crippen LogP contribution in [-0.4, -0.2) is 27.6 Å². The summed E-state index contributed by atoms with van der Waals surface area (Å²) in [5.74, 6) is 0.788.